The fourth-order valence-corrected chi connectivity index (χ4v) is 2.56. The first-order valence-corrected chi connectivity index (χ1v) is 6.68. The number of hydrogen-bond donors (Lipinski definition) is 0. The molecule has 0 atom stereocenters. The van der Waals surface area contributed by atoms with Crippen molar-refractivity contribution in [2.24, 2.45) is 5.92 Å². The molecule has 3 rings (SSSR count). The van der Waals surface area contributed by atoms with Gasteiger partial charge in [0, 0.05) is 38.7 Å². The van der Waals surface area contributed by atoms with Crippen molar-refractivity contribution in [2.45, 2.75) is 20.0 Å². The van der Waals surface area contributed by atoms with Gasteiger partial charge in [0.05, 0.1) is 17.2 Å². The first-order valence-electron chi connectivity index (χ1n) is 5.88. The van der Waals surface area contributed by atoms with Crippen molar-refractivity contribution in [3.05, 3.63) is 28.6 Å². The van der Waals surface area contributed by atoms with Crippen LogP contribution in [0.1, 0.15) is 11.7 Å². The summed E-state index contributed by atoms with van der Waals surface area (Å²) in [4.78, 5) is 6.51. The molecular weight excluding hydrogens is 298 g/mol. The summed E-state index contributed by atoms with van der Waals surface area (Å²) in [6.07, 6.45) is 3.82. The van der Waals surface area contributed by atoms with E-state index in [-0.39, 0.29) is 0 Å². The summed E-state index contributed by atoms with van der Waals surface area (Å²) in [6, 6.07) is 0. The molecule has 0 saturated carbocycles. The molecule has 6 nitrogen and oxygen atoms in total. The maximum absolute atomic E-state index is 4.95. The Labute approximate surface area is 113 Å². The second kappa shape index (κ2) is 4.81. The number of nitrogens with zero attached hydrogens (tertiary/aromatic N) is 5. The van der Waals surface area contributed by atoms with Gasteiger partial charge >= 0.3 is 0 Å². The van der Waals surface area contributed by atoms with Crippen molar-refractivity contribution < 1.29 is 4.52 Å². The second-order valence-corrected chi connectivity index (χ2v) is 5.59. The van der Waals surface area contributed by atoms with Crippen molar-refractivity contribution in [3.63, 3.8) is 0 Å². The minimum Gasteiger partial charge on any atom is -0.340 e. The molecule has 2 aromatic heterocycles. The SMILES string of the molecule is Cc1nc(CN2CC(Cn3cc(Br)cn3)C2)no1. The van der Waals surface area contributed by atoms with Gasteiger partial charge in [0.1, 0.15) is 0 Å². The Kier molecular flexibility index (Phi) is 3.17. The number of rotatable bonds is 4. The van der Waals surface area contributed by atoms with Crippen LogP contribution in [0.4, 0.5) is 0 Å². The van der Waals surface area contributed by atoms with Crippen molar-refractivity contribution in [3.8, 4) is 0 Å². The van der Waals surface area contributed by atoms with Crippen molar-refractivity contribution in [1.82, 2.24) is 24.8 Å². The number of halogens is 1. The van der Waals surface area contributed by atoms with Gasteiger partial charge in [-0.25, -0.2) is 0 Å². The molecule has 1 aliphatic rings. The molecule has 96 valence electrons. The van der Waals surface area contributed by atoms with Gasteiger partial charge in [-0.1, -0.05) is 5.16 Å². The van der Waals surface area contributed by atoms with Crippen molar-refractivity contribution >= 4 is 15.9 Å². The molecule has 1 saturated heterocycles. The Morgan fingerprint density at radius 2 is 2.33 bits per heavy atom. The van der Waals surface area contributed by atoms with Gasteiger partial charge in [-0.15, -0.1) is 0 Å². The number of hydrogen-bond acceptors (Lipinski definition) is 5. The van der Waals surface area contributed by atoms with E-state index >= 15 is 0 Å². The molecular formula is C11H14BrN5O. The topological polar surface area (TPSA) is 60.0 Å². The Bertz CT molecular complexity index is 485. The normalized spacial score (nSPS) is 17.0. The second-order valence-electron chi connectivity index (χ2n) is 4.67. The highest BCUT2D eigenvalue weighted by atomic mass is 79.9. The molecule has 0 aromatic carbocycles. The molecule has 0 radical (unpaired) electrons. The molecule has 0 unspecified atom stereocenters. The van der Waals surface area contributed by atoms with E-state index in [1.807, 2.05) is 24.0 Å². The lowest BCUT2D eigenvalue weighted by Gasteiger charge is -2.38. The minimum absolute atomic E-state index is 0.628. The summed E-state index contributed by atoms with van der Waals surface area (Å²) in [5, 5.41) is 8.16. The fraction of sp³-hybridized carbons (Fsp3) is 0.545. The zero-order valence-corrected chi connectivity index (χ0v) is 11.7. The predicted octanol–water partition coefficient (Wildman–Crippen LogP) is 1.47. The van der Waals surface area contributed by atoms with Gasteiger partial charge in [-0.05, 0) is 15.9 Å². The van der Waals surface area contributed by atoms with E-state index in [0.717, 1.165) is 36.5 Å². The Hall–Kier alpha value is -1.21. The van der Waals surface area contributed by atoms with E-state index in [4.69, 9.17) is 4.52 Å². The molecule has 0 aliphatic carbocycles. The van der Waals surface area contributed by atoms with Gasteiger partial charge < -0.3 is 4.52 Å². The largest absolute Gasteiger partial charge is 0.340 e. The maximum Gasteiger partial charge on any atom is 0.223 e. The summed E-state index contributed by atoms with van der Waals surface area (Å²) in [5.41, 5.74) is 0. The molecule has 0 bridgehead atoms. The first kappa shape index (κ1) is 11.9. The van der Waals surface area contributed by atoms with E-state index in [0.29, 0.717) is 11.8 Å². The van der Waals surface area contributed by atoms with Gasteiger partial charge in [0.25, 0.3) is 0 Å². The number of aryl methyl sites for hydroxylation is 1. The van der Waals surface area contributed by atoms with Gasteiger partial charge in [-0.3, -0.25) is 9.58 Å². The van der Waals surface area contributed by atoms with Crippen LogP contribution >= 0.6 is 15.9 Å². The van der Waals surface area contributed by atoms with Gasteiger partial charge in [0.2, 0.25) is 5.89 Å². The van der Waals surface area contributed by atoms with Crippen LogP contribution in [0, 0.1) is 12.8 Å². The first-order chi connectivity index (χ1) is 8.69. The average molecular weight is 312 g/mol. The van der Waals surface area contributed by atoms with Crippen LogP contribution in [0.2, 0.25) is 0 Å². The van der Waals surface area contributed by atoms with Crippen LogP contribution in [-0.2, 0) is 13.1 Å². The van der Waals surface area contributed by atoms with Gasteiger partial charge in [0.15, 0.2) is 5.82 Å². The summed E-state index contributed by atoms with van der Waals surface area (Å²) >= 11 is 3.40. The molecule has 0 amide bonds. The Morgan fingerprint density at radius 1 is 1.50 bits per heavy atom. The molecule has 1 fully saturated rings. The van der Waals surface area contributed by atoms with Crippen LogP contribution in [0.5, 0.6) is 0 Å². The Morgan fingerprint density at radius 3 is 2.94 bits per heavy atom. The average Bonchev–Trinajstić information content (AvgIpc) is 2.85. The zero-order valence-electron chi connectivity index (χ0n) is 10.1. The number of aromatic nitrogens is 4. The lowest BCUT2D eigenvalue weighted by atomic mass is 10.0. The quantitative estimate of drug-likeness (QED) is 0.855. The third-order valence-corrected chi connectivity index (χ3v) is 3.42. The third-order valence-electron chi connectivity index (χ3n) is 3.01. The van der Waals surface area contributed by atoms with E-state index in [2.05, 4.69) is 36.1 Å². The van der Waals surface area contributed by atoms with Gasteiger partial charge in [-0.2, -0.15) is 10.1 Å². The molecule has 3 heterocycles. The molecule has 0 N–H and O–H groups in total. The van der Waals surface area contributed by atoms with Crippen molar-refractivity contribution in [1.29, 1.82) is 0 Å². The minimum atomic E-state index is 0.628. The monoisotopic (exact) mass is 311 g/mol. The molecule has 0 spiro atoms. The number of likely N-dealkylation sites (tertiary alicyclic amines) is 1. The highest BCUT2D eigenvalue weighted by Crippen LogP contribution is 2.19. The zero-order chi connectivity index (χ0) is 12.5. The Balaban J connectivity index is 1.46. The third kappa shape index (κ3) is 2.62. The van der Waals surface area contributed by atoms with E-state index < -0.39 is 0 Å². The molecule has 2 aromatic rings. The fourth-order valence-electron chi connectivity index (χ4n) is 2.23. The summed E-state index contributed by atoms with van der Waals surface area (Å²) < 4.78 is 7.96. The van der Waals surface area contributed by atoms with Crippen LogP contribution < -0.4 is 0 Å². The van der Waals surface area contributed by atoms with Crippen LogP contribution in [-0.4, -0.2) is 37.9 Å². The van der Waals surface area contributed by atoms with Crippen LogP contribution in [0.15, 0.2) is 21.4 Å². The molecule has 1 aliphatic heterocycles. The maximum atomic E-state index is 4.95. The standard InChI is InChI=1S/C11H14BrN5O/c1-8-14-11(15-18-8)7-16-3-9(4-16)5-17-6-10(12)2-13-17/h2,6,9H,3-5,7H2,1H3. The smallest absolute Gasteiger partial charge is 0.223 e. The van der Waals surface area contributed by atoms with Crippen LogP contribution in [0.3, 0.4) is 0 Å². The molecule has 18 heavy (non-hydrogen) atoms. The highest BCUT2D eigenvalue weighted by Gasteiger charge is 2.28. The summed E-state index contributed by atoms with van der Waals surface area (Å²) in [6.45, 7) is 5.67. The van der Waals surface area contributed by atoms with E-state index in [9.17, 15) is 0 Å². The lowest BCUT2D eigenvalue weighted by molar-refractivity contribution is 0.0743. The molecule has 7 heteroatoms. The highest BCUT2D eigenvalue weighted by molar-refractivity contribution is 9.10. The summed E-state index contributed by atoms with van der Waals surface area (Å²) in [5.74, 6) is 2.06. The summed E-state index contributed by atoms with van der Waals surface area (Å²) in [7, 11) is 0. The lowest BCUT2D eigenvalue weighted by Crippen LogP contribution is -2.47. The predicted molar refractivity (Wildman–Crippen MR) is 67.7 cm³/mol. The van der Waals surface area contributed by atoms with Crippen molar-refractivity contribution in [2.75, 3.05) is 13.1 Å². The van der Waals surface area contributed by atoms with Crippen LogP contribution in [0.25, 0.3) is 0 Å². The van der Waals surface area contributed by atoms with E-state index in [1.165, 1.54) is 0 Å². The van der Waals surface area contributed by atoms with E-state index in [1.54, 1.807) is 0 Å².